The summed E-state index contributed by atoms with van der Waals surface area (Å²) in [5, 5.41) is 5.54. The summed E-state index contributed by atoms with van der Waals surface area (Å²) in [6, 6.07) is 13.9. The quantitative estimate of drug-likeness (QED) is 0.520. The van der Waals surface area contributed by atoms with E-state index in [1.807, 2.05) is 6.92 Å². The summed E-state index contributed by atoms with van der Waals surface area (Å²) < 4.78 is 33.0. The van der Waals surface area contributed by atoms with Crippen molar-refractivity contribution in [1.29, 1.82) is 0 Å². The number of aryl methyl sites for hydroxylation is 1. The molecule has 1 saturated heterocycles. The third kappa shape index (κ3) is 5.33. The normalized spacial score (nSPS) is 16.0. The van der Waals surface area contributed by atoms with Crippen LogP contribution in [0.1, 0.15) is 28.8 Å². The van der Waals surface area contributed by atoms with E-state index in [0.29, 0.717) is 35.5 Å². The lowest BCUT2D eigenvalue weighted by molar-refractivity contribution is -0.119. The number of sulfonamides is 1. The molecule has 1 aliphatic rings. The van der Waals surface area contributed by atoms with Crippen LogP contribution in [0.3, 0.4) is 0 Å². The number of anilines is 2. The van der Waals surface area contributed by atoms with E-state index in [9.17, 15) is 18.0 Å². The van der Waals surface area contributed by atoms with E-state index in [4.69, 9.17) is 4.74 Å². The predicted molar refractivity (Wildman–Crippen MR) is 132 cm³/mol. The Morgan fingerprint density at radius 2 is 1.86 bits per heavy atom. The fraction of sp³-hybridized carbons (Fsp3) is 0.240. The summed E-state index contributed by atoms with van der Waals surface area (Å²) in [4.78, 5) is 29.6. The molecule has 10 heteroatoms. The fourth-order valence-corrected chi connectivity index (χ4v) is 5.58. The van der Waals surface area contributed by atoms with Crippen LogP contribution < -0.4 is 15.4 Å². The van der Waals surface area contributed by atoms with E-state index in [0.717, 1.165) is 5.56 Å². The van der Waals surface area contributed by atoms with E-state index in [1.165, 1.54) is 17.6 Å². The van der Waals surface area contributed by atoms with Crippen molar-refractivity contribution in [3.05, 3.63) is 78.1 Å². The minimum Gasteiger partial charge on any atom is -0.494 e. The molecule has 2 amide bonds. The molecule has 1 atom stereocenters. The monoisotopic (exact) mass is 494 g/mol. The SMILES string of the molecule is COc1cc(NC(=O)[C@@H]2CCCN2S(=O)(=O)c2ccc(C)cc2)ccc1NC(=O)c1cccnc1. The lowest BCUT2D eigenvalue weighted by Gasteiger charge is -2.23. The van der Waals surface area contributed by atoms with Crippen molar-refractivity contribution in [2.24, 2.45) is 0 Å². The average Bonchev–Trinajstić information content (AvgIpc) is 3.37. The Kier molecular flexibility index (Phi) is 7.13. The third-order valence-electron chi connectivity index (χ3n) is 5.77. The predicted octanol–water partition coefficient (Wildman–Crippen LogP) is 3.44. The summed E-state index contributed by atoms with van der Waals surface area (Å²) >= 11 is 0. The van der Waals surface area contributed by atoms with Crippen LogP contribution in [0.5, 0.6) is 5.75 Å². The van der Waals surface area contributed by atoms with E-state index in [2.05, 4.69) is 15.6 Å². The number of nitrogens with one attached hydrogen (secondary N) is 2. The summed E-state index contributed by atoms with van der Waals surface area (Å²) in [6.07, 6.45) is 4.04. The van der Waals surface area contributed by atoms with Crippen LogP contribution in [0.25, 0.3) is 0 Å². The number of rotatable bonds is 7. The van der Waals surface area contributed by atoms with Crippen LogP contribution in [0.4, 0.5) is 11.4 Å². The van der Waals surface area contributed by atoms with Crippen molar-refractivity contribution in [3.63, 3.8) is 0 Å². The van der Waals surface area contributed by atoms with Gasteiger partial charge in [0.05, 0.1) is 23.3 Å². The first-order valence-electron chi connectivity index (χ1n) is 11.1. The van der Waals surface area contributed by atoms with Crippen LogP contribution in [0.2, 0.25) is 0 Å². The molecule has 0 spiro atoms. The maximum atomic E-state index is 13.2. The molecule has 0 saturated carbocycles. The average molecular weight is 495 g/mol. The Balaban J connectivity index is 1.49. The van der Waals surface area contributed by atoms with Crippen LogP contribution in [-0.4, -0.2) is 49.2 Å². The first kappa shape index (κ1) is 24.4. The van der Waals surface area contributed by atoms with Gasteiger partial charge in [-0.2, -0.15) is 4.31 Å². The number of ether oxygens (including phenoxy) is 1. The van der Waals surface area contributed by atoms with Gasteiger partial charge in [-0.25, -0.2) is 8.42 Å². The maximum Gasteiger partial charge on any atom is 0.257 e. The zero-order valence-corrected chi connectivity index (χ0v) is 20.2. The highest BCUT2D eigenvalue weighted by molar-refractivity contribution is 7.89. The largest absolute Gasteiger partial charge is 0.494 e. The van der Waals surface area contributed by atoms with Crippen molar-refractivity contribution in [2.45, 2.75) is 30.7 Å². The molecule has 1 fully saturated rings. The van der Waals surface area contributed by atoms with E-state index in [1.54, 1.807) is 60.8 Å². The van der Waals surface area contributed by atoms with Gasteiger partial charge in [0.1, 0.15) is 11.8 Å². The Hall–Kier alpha value is -3.76. The highest BCUT2D eigenvalue weighted by atomic mass is 32.2. The summed E-state index contributed by atoms with van der Waals surface area (Å²) in [7, 11) is -2.35. The van der Waals surface area contributed by atoms with Crippen molar-refractivity contribution in [3.8, 4) is 5.75 Å². The summed E-state index contributed by atoms with van der Waals surface area (Å²) in [6.45, 7) is 2.16. The van der Waals surface area contributed by atoms with Gasteiger partial charge in [-0.15, -0.1) is 0 Å². The molecule has 3 aromatic rings. The molecule has 4 rings (SSSR count). The Morgan fingerprint density at radius 3 is 2.54 bits per heavy atom. The number of aromatic nitrogens is 1. The molecular weight excluding hydrogens is 468 g/mol. The standard InChI is InChI=1S/C25H26N4O5S/c1-17-7-10-20(11-8-17)35(32,33)29-14-4-6-22(29)25(31)27-19-9-12-21(23(15-19)34-2)28-24(30)18-5-3-13-26-16-18/h3,5,7-13,15-16,22H,4,6,14H2,1-2H3,(H,27,31)(H,28,30)/t22-/m0/s1. The van der Waals surface area contributed by atoms with Gasteiger partial charge < -0.3 is 15.4 Å². The van der Waals surface area contributed by atoms with Crippen molar-refractivity contribution in [2.75, 3.05) is 24.3 Å². The molecule has 35 heavy (non-hydrogen) atoms. The van der Waals surface area contributed by atoms with Gasteiger partial charge in [0.2, 0.25) is 15.9 Å². The van der Waals surface area contributed by atoms with Gasteiger partial charge in [0.15, 0.2) is 0 Å². The van der Waals surface area contributed by atoms with E-state index >= 15 is 0 Å². The molecule has 2 heterocycles. The summed E-state index contributed by atoms with van der Waals surface area (Å²) in [5.74, 6) is -0.431. The number of methoxy groups -OCH3 is 1. The van der Waals surface area contributed by atoms with Gasteiger partial charge in [-0.3, -0.25) is 14.6 Å². The highest BCUT2D eigenvalue weighted by Crippen LogP contribution is 2.30. The molecule has 1 aromatic heterocycles. The van der Waals surface area contributed by atoms with Gasteiger partial charge in [-0.1, -0.05) is 17.7 Å². The molecular formula is C25H26N4O5S. The topological polar surface area (TPSA) is 118 Å². The number of pyridine rings is 1. The third-order valence-corrected chi connectivity index (χ3v) is 7.70. The maximum absolute atomic E-state index is 13.2. The first-order valence-corrected chi connectivity index (χ1v) is 12.5. The number of hydrogen-bond donors (Lipinski definition) is 2. The second-order valence-electron chi connectivity index (χ2n) is 8.19. The van der Waals surface area contributed by atoms with Crippen molar-refractivity contribution >= 4 is 33.2 Å². The minimum atomic E-state index is -3.81. The molecule has 0 bridgehead atoms. The molecule has 0 unspecified atom stereocenters. The van der Waals surface area contributed by atoms with Crippen molar-refractivity contribution < 1.29 is 22.7 Å². The number of carbonyl (C=O) groups is 2. The Morgan fingerprint density at radius 1 is 1.09 bits per heavy atom. The van der Waals surface area contributed by atoms with Crippen LogP contribution in [0, 0.1) is 6.92 Å². The molecule has 2 N–H and O–H groups in total. The molecule has 0 aliphatic carbocycles. The number of carbonyl (C=O) groups excluding carboxylic acids is 2. The van der Waals surface area contributed by atoms with Crippen LogP contribution >= 0.6 is 0 Å². The molecule has 1 aliphatic heterocycles. The highest BCUT2D eigenvalue weighted by Gasteiger charge is 2.39. The zero-order chi connectivity index (χ0) is 25.0. The van der Waals surface area contributed by atoms with E-state index < -0.39 is 22.0 Å². The van der Waals surface area contributed by atoms with Crippen LogP contribution in [0.15, 0.2) is 71.9 Å². The molecule has 182 valence electrons. The second-order valence-corrected chi connectivity index (χ2v) is 10.1. The second kappa shape index (κ2) is 10.2. The number of amides is 2. The van der Waals surface area contributed by atoms with E-state index in [-0.39, 0.29) is 17.3 Å². The molecule has 2 aromatic carbocycles. The number of benzene rings is 2. The van der Waals surface area contributed by atoms with Gasteiger partial charge in [-0.05, 0) is 56.2 Å². The fourth-order valence-electron chi connectivity index (χ4n) is 3.92. The molecule has 9 nitrogen and oxygen atoms in total. The lowest BCUT2D eigenvalue weighted by atomic mass is 10.2. The Labute approximate surface area is 204 Å². The first-order chi connectivity index (χ1) is 16.8. The van der Waals surface area contributed by atoms with Crippen molar-refractivity contribution in [1.82, 2.24) is 9.29 Å². The van der Waals surface area contributed by atoms with Gasteiger partial charge in [0.25, 0.3) is 5.91 Å². The number of nitrogens with zero attached hydrogens (tertiary/aromatic N) is 2. The zero-order valence-electron chi connectivity index (χ0n) is 19.4. The van der Waals surface area contributed by atoms with Crippen LogP contribution in [-0.2, 0) is 14.8 Å². The smallest absolute Gasteiger partial charge is 0.257 e. The lowest BCUT2D eigenvalue weighted by Crippen LogP contribution is -2.43. The van der Waals surface area contributed by atoms with Gasteiger partial charge in [0, 0.05) is 30.7 Å². The minimum absolute atomic E-state index is 0.165. The number of hydrogen-bond acceptors (Lipinski definition) is 6. The molecule has 0 radical (unpaired) electrons. The Bertz CT molecular complexity index is 1330. The van der Waals surface area contributed by atoms with Gasteiger partial charge >= 0.3 is 0 Å². The summed E-state index contributed by atoms with van der Waals surface area (Å²) in [5.41, 5.74) is 2.19.